The Morgan fingerprint density at radius 1 is 1.50 bits per heavy atom. The molecule has 0 saturated carbocycles. The molecule has 1 rings (SSSR count). The van der Waals surface area contributed by atoms with Gasteiger partial charge in [0.2, 0.25) is 5.91 Å². The molecule has 1 saturated heterocycles. The van der Waals surface area contributed by atoms with Gasteiger partial charge in [-0.15, -0.1) is 0 Å². The summed E-state index contributed by atoms with van der Waals surface area (Å²) in [4.78, 5) is 10.6. The number of primary amides is 1. The lowest BCUT2D eigenvalue weighted by Gasteiger charge is -2.24. The van der Waals surface area contributed by atoms with Crippen LogP contribution >= 0.6 is 0 Å². The highest BCUT2D eigenvalue weighted by molar-refractivity contribution is 5.79. The van der Waals surface area contributed by atoms with Crippen molar-refractivity contribution in [1.82, 2.24) is 5.32 Å². The normalized spacial score (nSPS) is 33.7. The molecule has 0 unspecified atom stereocenters. The molecule has 0 aromatic rings. The molecule has 10 heavy (non-hydrogen) atoms. The van der Waals surface area contributed by atoms with Crippen LogP contribution in [0, 0.1) is 0 Å². The molecule has 0 bridgehead atoms. The number of hydrogen-bond donors (Lipinski definition) is 3. The van der Waals surface area contributed by atoms with Crippen molar-refractivity contribution in [3.05, 3.63) is 0 Å². The summed E-state index contributed by atoms with van der Waals surface area (Å²) in [6.45, 7) is 0.702. The van der Waals surface area contributed by atoms with Crippen molar-refractivity contribution in [3.63, 3.8) is 0 Å². The predicted molar refractivity (Wildman–Crippen MR) is 38.2 cm³/mol. The van der Waals surface area contributed by atoms with Crippen molar-refractivity contribution in [2.45, 2.75) is 24.9 Å². The van der Waals surface area contributed by atoms with E-state index in [1.807, 2.05) is 0 Å². The third-order valence-corrected chi connectivity index (χ3v) is 1.80. The molecular formula is C6H13N3O. The predicted octanol–water partition coefficient (Wildman–Crippen LogP) is -1.45. The second kappa shape index (κ2) is 2.98. The topological polar surface area (TPSA) is 81.1 Å². The van der Waals surface area contributed by atoms with E-state index in [1.165, 1.54) is 0 Å². The second-order valence-electron chi connectivity index (χ2n) is 2.70. The maximum absolute atomic E-state index is 10.6. The fourth-order valence-corrected chi connectivity index (χ4v) is 1.12. The first-order valence-electron chi connectivity index (χ1n) is 3.48. The third-order valence-electron chi connectivity index (χ3n) is 1.80. The van der Waals surface area contributed by atoms with Crippen molar-refractivity contribution >= 4 is 5.91 Å². The van der Waals surface area contributed by atoms with Gasteiger partial charge in [0.15, 0.2) is 0 Å². The summed E-state index contributed by atoms with van der Waals surface area (Å²) >= 11 is 0. The summed E-state index contributed by atoms with van der Waals surface area (Å²) in [7, 11) is 0. The Bertz CT molecular complexity index is 129. The Labute approximate surface area is 59.9 Å². The van der Waals surface area contributed by atoms with E-state index in [4.69, 9.17) is 11.5 Å². The maximum Gasteiger partial charge on any atom is 0.234 e. The Morgan fingerprint density at radius 3 is 2.60 bits per heavy atom. The average molecular weight is 143 g/mol. The molecule has 0 spiro atoms. The van der Waals surface area contributed by atoms with Gasteiger partial charge in [0, 0.05) is 12.6 Å². The van der Waals surface area contributed by atoms with Crippen LogP contribution < -0.4 is 16.8 Å². The third kappa shape index (κ3) is 1.68. The minimum absolute atomic E-state index is 0.153. The lowest BCUT2D eigenvalue weighted by molar-refractivity contribution is -0.120. The van der Waals surface area contributed by atoms with E-state index in [2.05, 4.69) is 5.32 Å². The number of piperidine rings is 1. The lowest BCUT2D eigenvalue weighted by Crippen LogP contribution is -2.50. The Morgan fingerprint density at radius 2 is 2.20 bits per heavy atom. The van der Waals surface area contributed by atoms with Crippen LogP contribution in [-0.2, 0) is 4.79 Å². The van der Waals surface area contributed by atoms with Crippen molar-refractivity contribution in [3.8, 4) is 0 Å². The summed E-state index contributed by atoms with van der Waals surface area (Å²) in [5.74, 6) is -0.271. The zero-order chi connectivity index (χ0) is 7.56. The minimum atomic E-state index is -0.271. The van der Waals surface area contributed by atoms with Crippen LogP contribution in [0.1, 0.15) is 12.8 Å². The molecule has 1 fully saturated rings. The van der Waals surface area contributed by atoms with Gasteiger partial charge in [0.1, 0.15) is 0 Å². The molecule has 2 atom stereocenters. The number of nitrogens with two attached hydrogens (primary N) is 2. The van der Waals surface area contributed by atoms with Crippen LogP contribution in [0.15, 0.2) is 0 Å². The molecule has 0 aromatic heterocycles. The lowest BCUT2D eigenvalue weighted by atomic mass is 10.0. The van der Waals surface area contributed by atoms with Crippen LogP contribution in [-0.4, -0.2) is 24.5 Å². The van der Waals surface area contributed by atoms with E-state index >= 15 is 0 Å². The van der Waals surface area contributed by atoms with Crippen LogP contribution in [0.25, 0.3) is 0 Å². The highest BCUT2D eigenvalue weighted by Gasteiger charge is 2.21. The number of nitrogens with one attached hydrogen (secondary N) is 1. The SMILES string of the molecule is NC(=O)[C@@H]1CC[C@@H](N)CN1. The van der Waals surface area contributed by atoms with E-state index in [-0.39, 0.29) is 18.0 Å². The van der Waals surface area contributed by atoms with Gasteiger partial charge < -0.3 is 16.8 Å². The number of carbonyl (C=O) groups excluding carboxylic acids is 1. The fourth-order valence-electron chi connectivity index (χ4n) is 1.12. The number of carbonyl (C=O) groups is 1. The summed E-state index contributed by atoms with van der Waals surface area (Å²) in [5, 5.41) is 2.97. The zero-order valence-corrected chi connectivity index (χ0v) is 5.84. The van der Waals surface area contributed by atoms with Gasteiger partial charge >= 0.3 is 0 Å². The summed E-state index contributed by atoms with van der Waals surface area (Å²) in [6, 6.07) is 0.0374. The van der Waals surface area contributed by atoms with Gasteiger partial charge in [-0.25, -0.2) is 0 Å². The van der Waals surface area contributed by atoms with Gasteiger partial charge in [-0.2, -0.15) is 0 Å². The van der Waals surface area contributed by atoms with E-state index in [1.54, 1.807) is 0 Å². The van der Waals surface area contributed by atoms with E-state index in [9.17, 15) is 4.79 Å². The first-order valence-corrected chi connectivity index (χ1v) is 3.48. The molecule has 0 aromatic carbocycles. The molecular weight excluding hydrogens is 130 g/mol. The van der Waals surface area contributed by atoms with Crippen molar-refractivity contribution in [1.29, 1.82) is 0 Å². The van der Waals surface area contributed by atoms with Gasteiger partial charge in [-0.1, -0.05) is 0 Å². The Hall–Kier alpha value is -0.610. The molecule has 4 nitrogen and oxygen atoms in total. The highest BCUT2D eigenvalue weighted by Crippen LogP contribution is 2.04. The monoisotopic (exact) mass is 143 g/mol. The molecule has 1 aliphatic rings. The van der Waals surface area contributed by atoms with Crippen LogP contribution in [0.5, 0.6) is 0 Å². The fraction of sp³-hybridized carbons (Fsp3) is 0.833. The highest BCUT2D eigenvalue weighted by atomic mass is 16.1. The van der Waals surface area contributed by atoms with E-state index in [0.717, 1.165) is 12.8 Å². The standard InChI is InChI=1S/C6H13N3O/c7-4-1-2-5(6(8)10)9-3-4/h4-5,9H,1-3,7H2,(H2,8,10)/t4-,5+/m1/s1. The van der Waals surface area contributed by atoms with Crippen LogP contribution in [0.2, 0.25) is 0 Å². The number of hydrogen-bond acceptors (Lipinski definition) is 3. The van der Waals surface area contributed by atoms with Crippen molar-refractivity contribution in [2.75, 3.05) is 6.54 Å². The second-order valence-corrected chi connectivity index (χ2v) is 2.70. The molecule has 1 aliphatic heterocycles. The molecule has 1 heterocycles. The number of amides is 1. The van der Waals surface area contributed by atoms with Crippen LogP contribution in [0.4, 0.5) is 0 Å². The van der Waals surface area contributed by atoms with Gasteiger partial charge in [-0.3, -0.25) is 4.79 Å². The minimum Gasteiger partial charge on any atom is -0.368 e. The van der Waals surface area contributed by atoms with E-state index in [0.29, 0.717) is 6.54 Å². The first-order chi connectivity index (χ1) is 4.70. The van der Waals surface area contributed by atoms with Crippen molar-refractivity contribution < 1.29 is 4.79 Å². The quantitative estimate of drug-likeness (QED) is 0.420. The summed E-state index contributed by atoms with van der Waals surface area (Å²) in [5.41, 5.74) is 10.7. The van der Waals surface area contributed by atoms with Crippen molar-refractivity contribution in [2.24, 2.45) is 11.5 Å². The Balaban J connectivity index is 2.33. The molecule has 1 amide bonds. The van der Waals surface area contributed by atoms with Gasteiger partial charge in [0.05, 0.1) is 6.04 Å². The average Bonchev–Trinajstić information content (AvgIpc) is 1.88. The smallest absolute Gasteiger partial charge is 0.234 e. The number of rotatable bonds is 1. The molecule has 4 heteroatoms. The largest absolute Gasteiger partial charge is 0.368 e. The zero-order valence-electron chi connectivity index (χ0n) is 5.84. The summed E-state index contributed by atoms with van der Waals surface area (Å²) in [6.07, 6.45) is 1.66. The Kier molecular flexibility index (Phi) is 2.24. The van der Waals surface area contributed by atoms with Gasteiger partial charge in [-0.05, 0) is 12.8 Å². The maximum atomic E-state index is 10.6. The summed E-state index contributed by atoms with van der Waals surface area (Å²) < 4.78 is 0. The molecule has 58 valence electrons. The van der Waals surface area contributed by atoms with Gasteiger partial charge in [0.25, 0.3) is 0 Å². The molecule has 0 aliphatic carbocycles. The van der Waals surface area contributed by atoms with E-state index < -0.39 is 0 Å². The molecule has 0 radical (unpaired) electrons. The molecule has 5 N–H and O–H groups in total. The first kappa shape index (κ1) is 7.50. The van der Waals surface area contributed by atoms with Crippen LogP contribution in [0.3, 0.4) is 0 Å².